The second-order valence-electron chi connectivity index (χ2n) is 7.11. The highest BCUT2D eigenvalue weighted by molar-refractivity contribution is 7.89. The molecule has 0 aliphatic carbocycles. The molecule has 3 aromatic rings. The van der Waals surface area contributed by atoms with E-state index in [1.807, 2.05) is 24.3 Å². The Morgan fingerprint density at radius 1 is 1.14 bits per heavy atom. The number of sulfonamides is 1. The van der Waals surface area contributed by atoms with E-state index >= 15 is 0 Å². The number of rotatable bonds is 5. The number of amides is 1. The van der Waals surface area contributed by atoms with Gasteiger partial charge in [-0.3, -0.25) is 4.79 Å². The Morgan fingerprint density at radius 3 is 2.55 bits per heavy atom. The average molecular weight is 431 g/mol. The van der Waals surface area contributed by atoms with E-state index in [1.165, 1.54) is 9.87 Å². The predicted octanol–water partition coefficient (Wildman–Crippen LogP) is 3.29. The first-order valence-electron chi connectivity index (χ1n) is 9.60. The lowest BCUT2D eigenvalue weighted by Gasteiger charge is -2.30. The minimum Gasteiger partial charge on any atom is -0.326 e. The molecule has 1 saturated heterocycles. The number of anilines is 1. The van der Waals surface area contributed by atoms with E-state index < -0.39 is 10.0 Å². The molecule has 9 heteroatoms. The van der Waals surface area contributed by atoms with Gasteiger partial charge in [0.15, 0.2) is 0 Å². The summed E-state index contributed by atoms with van der Waals surface area (Å²) in [6, 6.07) is 12.8. The monoisotopic (exact) mass is 430 g/mol. The number of hydrogen-bond donors (Lipinski definition) is 1. The molecule has 1 amide bonds. The van der Waals surface area contributed by atoms with Crippen molar-refractivity contribution in [2.45, 2.75) is 31.1 Å². The summed E-state index contributed by atoms with van der Waals surface area (Å²) in [6.45, 7) is 2.70. The van der Waals surface area contributed by atoms with Crippen LogP contribution >= 0.6 is 11.7 Å². The highest BCUT2D eigenvalue weighted by Gasteiger charge is 2.33. The first kappa shape index (κ1) is 19.9. The Balaban J connectivity index is 1.42. The Kier molecular flexibility index (Phi) is 5.62. The highest BCUT2D eigenvalue weighted by Crippen LogP contribution is 2.28. The van der Waals surface area contributed by atoms with Crippen molar-refractivity contribution in [1.29, 1.82) is 0 Å². The van der Waals surface area contributed by atoms with Crippen LogP contribution < -0.4 is 5.32 Å². The second-order valence-corrected chi connectivity index (χ2v) is 9.54. The molecule has 1 aromatic heterocycles. The fraction of sp³-hybridized carbons (Fsp3) is 0.350. The number of nitrogens with zero attached hydrogens (tertiary/aromatic N) is 3. The summed E-state index contributed by atoms with van der Waals surface area (Å²) in [7, 11) is -3.67. The van der Waals surface area contributed by atoms with Crippen LogP contribution in [0.3, 0.4) is 0 Å². The van der Waals surface area contributed by atoms with Crippen molar-refractivity contribution in [2.24, 2.45) is 5.92 Å². The summed E-state index contributed by atoms with van der Waals surface area (Å²) in [6.07, 6.45) is 1.93. The smallest absolute Gasteiger partial charge is 0.245 e. The molecular weight excluding hydrogens is 408 g/mol. The molecule has 1 aliphatic heterocycles. The lowest BCUT2D eigenvalue weighted by Crippen LogP contribution is -2.41. The van der Waals surface area contributed by atoms with Gasteiger partial charge in [0.2, 0.25) is 15.9 Å². The number of carbonyl (C=O) groups is 1. The van der Waals surface area contributed by atoms with Crippen molar-refractivity contribution in [3.8, 4) is 0 Å². The number of carbonyl (C=O) groups excluding carboxylic acids is 1. The summed E-state index contributed by atoms with van der Waals surface area (Å²) < 4.78 is 35.9. The highest BCUT2D eigenvalue weighted by atomic mass is 32.2. The number of aromatic nitrogens is 2. The van der Waals surface area contributed by atoms with Crippen molar-refractivity contribution in [1.82, 2.24) is 13.1 Å². The first-order valence-corrected chi connectivity index (χ1v) is 11.8. The van der Waals surface area contributed by atoms with Gasteiger partial charge < -0.3 is 5.32 Å². The number of benzene rings is 2. The Bertz CT molecular complexity index is 1120. The summed E-state index contributed by atoms with van der Waals surface area (Å²) in [5.74, 6) is -0.263. The molecule has 1 N–H and O–H groups in total. The van der Waals surface area contributed by atoms with Crippen LogP contribution in [0.15, 0.2) is 47.4 Å². The maximum atomic E-state index is 13.1. The second kappa shape index (κ2) is 8.17. The summed E-state index contributed by atoms with van der Waals surface area (Å²) in [4.78, 5) is 12.8. The van der Waals surface area contributed by atoms with Crippen LogP contribution in [0.2, 0.25) is 0 Å². The lowest BCUT2D eigenvalue weighted by atomic mass is 9.97. The molecule has 0 radical (unpaired) electrons. The molecule has 29 heavy (non-hydrogen) atoms. The molecule has 0 bridgehead atoms. The Hall–Kier alpha value is -2.36. The largest absolute Gasteiger partial charge is 0.326 e. The van der Waals surface area contributed by atoms with Crippen LogP contribution in [-0.2, 0) is 21.2 Å². The minimum absolute atomic E-state index is 0.0582. The van der Waals surface area contributed by atoms with E-state index in [0.29, 0.717) is 37.0 Å². The van der Waals surface area contributed by atoms with Gasteiger partial charge in [-0.25, -0.2) is 8.42 Å². The van der Waals surface area contributed by atoms with Gasteiger partial charge in [0, 0.05) is 24.7 Å². The average Bonchev–Trinajstić information content (AvgIpc) is 3.23. The molecule has 0 atom stereocenters. The summed E-state index contributed by atoms with van der Waals surface area (Å²) >= 11 is 1.00. The van der Waals surface area contributed by atoms with Gasteiger partial charge >= 0.3 is 0 Å². The zero-order valence-corrected chi connectivity index (χ0v) is 17.7. The molecule has 0 saturated carbocycles. The third kappa shape index (κ3) is 4.03. The molecule has 0 unspecified atom stereocenters. The molecule has 0 spiro atoms. The third-order valence-corrected chi connectivity index (χ3v) is 7.79. The van der Waals surface area contributed by atoms with Crippen molar-refractivity contribution in [3.63, 3.8) is 0 Å². The van der Waals surface area contributed by atoms with Gasteiger partial charge in [0.25, 0.3) is 0 Å². The van der Waals surface area contributed by atoms with Gasteiger partial charge in [0.1, 0.15) is 15.9 Å². The number of nitrogens with one attached hydrogen (secondary N) is 1. The van der Waals surface area contributed by atoms with E-state index in [0.717, 1.165) is 23.8 Å². The van der Waals surface area contributed by atoms with E-state index in [1.54, 1.807) is 18.2 Å². The van der Waals surface area contributed by atoms with Crippen LogP contribution in [0.25, 0.3) is 11.0 Å². The number of aryl methyl sites for hydroxylation is 1. The van der Waals surface area contributed by atoms with Crippen molar-refractivity contribution in [3.05, 3.63) is 48.0 Å². The molecule has 1 fully saturated rings. The molecule has 7 nitrogen and oxygen atoms in total. The van der Waals surface area contributed by atoms with Crippen LogP contribution in [0.5, 0.6) is 0 Å². The molecule has 4 rings (SSSR count). The maximum Gasteiger partial charge on any atom is 0.245 e. The number of piperidine rings is 1. The van der Waals surface area contributed by atoms with Crippen molar-refractivity contribution < 1.29 is 13.2 Å². The van der Waals surface area contributed by atoms with Crippen LogP contribution in [0.1, 0.15) is 25.3 Å². The minimum atomic E-state index is -3.67. The normalized spacial score (nSPS) is 16.2. The zero-order chi connectivity index (χ0) is 20.4. The predicted molar refractivity (Wildman–Crippen MR) is 113 cm³/mol. The van der Waals surface area contributed by atoms with Crippen molar-refractivity contribution in [2.75, 3.05) is 18.4 Å². The molecule has 1 aliphatic rings. The van der Waals surface area contributed by atoms with E-state index in [-0.39, 0.29) is 16.7 Å². The number of fused-ring (bicyclic) bond motifs is 1. The summed E-state index contributed by atoms with van der Waals surface area (Å²) in [5, 5.41) is 2.95. The third-order valence-electron chi connectivity index (χ3n) is 5.32. The molecule has 152 valence electrons. The Labute approximate surface area is 174 Å². The molecule has 2 heterocycles. The van der Waals surface area contributed by atoms with Crippen LogP contribution in [-0.4, -0.2) is 40.5 Å². The van der Waals surface area contributed by atoms with Gasteiger partial charge in [-0.05, 0) is 49.1 Å². The number of hydrogen-bond acceptors (Lipinski definition) is 6. The van der Waals surface area contributed by atoms with E-state index in [4.69, 9.17) is 0 Å². The summed E-state index contributed by atoms with van der Waals surface area (Å²) in [5.41, 5.74) is 2.98. The first-order chi connectivity index (χ1) is 14.0. The topological polar surface area (TPSA) is 92.3 Å². The van der Waals surface area contributed by atoms with Crippen molar-refractivity contribution >= 4 is 44.4 Å². The molecule has 2 aromatic carbocycles. The Morgan fingerprint density at radius 2 is 1.86 bits per heavy atom. The van der Waals surface area contributed by atoms with E-state index in [2.05, 4.69) is 21.0 Å². The molecular formula is C20H22N4O3S2. The van der Waals surface area contributed by atoms with Crippen LogP contribution in [0, 0.1) is 5.92 Å². The van der Waals surface area contributed by atoms with Crippen LogP contribution in [0.4, 0.5) is 5.69 Å². The SMILES string of the molecule is CCc1ccc(NC(=O)C2CCN(S(=O)(=O)c3cccc4nsnc34)CC2)cc1. The zero-order valence-electron chi connectivity index (χ0n) is 16.0. The quantitative estimate of drug-likeness (QED) is 0.671. The fourth-order valence-electron chi connectivity index (χ4n) is 3.56. The fourth-order valence-corrected chi connectivity index (χ4v) is 5.78. The van der Waals surface area contributed by atoms with Gasteiger partial charge in [-0.2, -0.15) is 13.1 Å². The standard InChI is InChI=1S/C20H22N4O3S2/c1-2-14-6-8-16(9-7-14)21-20(25)15-10-12-24(13-11-15)29(26,27)18-5-3-4-17-19(18)23-28-22-17/h3-9,15H,2,10-13H2,1H3,(H,21,25). The van der Waals surface area contributed by atoms with Gasteiger partial charge in [-0.15, -0.1) is 0 Å². The lowest BCUT2D eigenvalue weighted by molar-refractivity contribution is -0.120. The van der Waals surface area contributed by atoms with E-state index in [9.17, 15) is 13.2 Å². The van der Waals surface area contributed by atoms with Gasteiger partial charge in [-0.1, -0.05) is 25.1 Å². The van der Waals surface area contributed by atoms with Gasteiger partial charge in [0.05, 0.1) is 11.7 Å². The maximum absolute atomic E-state index is 13.1.